The summed E-state index contributed by atoms with van der Waals surface area (Å²) in [4.78, 5) is 0. The van der Waals surface area contributed by atoms with E-state index in [0.717, 1.165) is 12.3 Å². The highest BCUT2D eigenvalue weighted by Crippen LogP contribution is 2.14. The second kappa shape index (κ2) is 7.54. The van der Waals surface area contributed by atoms with E-state index in [1.54, 1.807) is 6.26 Å². The minimum atomic E-state index is -0.753. The highest BCUT2D eigenvalue weighted by molar-refractivity contribution is 7.84. The van der Waals surface area contributed by atoms with Crippen molar-refractivity contribution in [1.29, 1.82) is 0 Å². The van der Waals surface area contributed by atoms with Crippen LogP contribution < -0.4 is 10.1 Å². The van der Waals surface area contributed by atoms with Crippen molar-refractivity contribution in [2.75, 3.05) is 12.0 Å². The predicted octanol–water partition coefficient (Wildman–Crippen LogP) is 2.33. The Morgan fingerprint density at radius 3 is 2.67 bits per heavy atom. The van der Waals surface area contributed by atoms with Crippen LogP contribution in [0.4, 0.5) is 0 Å². The van der Waals surface area contributed by atoms with Gasteiger partial charge in [0, 0.05) is 35.4 Å². The highest BCUT2D eigenvalue weighted by Gasteiger charge is 2.04. The van der Waals surface area contributed by atoms with E-state index in [-0.39, 0.29) is 12.1 Å². The zero-order valence-corrected chi connectivity index (χ0v) is 12.4. The quantitative estimate of drug-likeness (QED) is 0.825. The molecule has 0 saturated heterocycles. The molecule has 102 valence electrons. The Morgan fingerprint density at radius 1 is 1.33 bits per heavy atom. The van der Waals surface area contributed by atoms with Gasteiger partial charge in [-0.3, -0.25) is 4.21 Å². The van der Waals surface area contributed by atoms with Gasteiger partial charge in [0.25, 0.3) is 0 Å². The van der Waals surface area contributed by atoms with Gasteiger partial charge in [0.2, 0.25) is 0 Å². The highest BCUT2D eigenvalue weighted by atomic mass is 32.2. The fourth-order valence-corrected chi connectivity index (χ4v) is 2.53. The van der Waals surface area contributed by atoms with Gasteiger partial charge < -0.3 is 10.1 Å². The fraction of sp³-hybridized carbons (Fsp3) is 0.571. The van der Waals surface area contributed by atoms with Gasteiger partial charge in [-0.05, 0) is 38.5 Å². The lowest BCUT2D eigenvalue weighted by Gasteiger charge is -2.14. The van der Waals surface area contributed by atoms with Crippen LogP contribution in [0.3, 0.4) is 0 Å². The predicted molar refractivity (Wildman–Crippen MR) is 77.4 cm³/mol. The van der Waals surface area contributed by atoms with Gasteiger partial charge in [0.15, 0.2) is 0 Å². The van der Waals surface area contributed by atoms with Crippen molar-refractivity contribution >= 4 is 10.8 Å². The molecule has 0 aromatic heterocycles. The molecule has 0 amide bonds. The molecule has 0 bridgehead atoms. The molecule has 0 fully saturated rings. The second-order valence-corrected chi connectivity index (χ2v) is 6.32. The Morgan fingerprint density at radius 2 is 2.06 bits per heavy atom. The first-order valence-corrected chi connectivity index (χ1v) is 7.99. The van der Waals surface area contributed by atoms with Crippen molar-refractivity contribution < 1.29 is 8.95 Å². The third kappa shape index (κ3) is 6.17. The SMILES string of the molecule is CC(CS(C)=O)NCc1cccc(OC(C)C)c1. The van der Waals surface area contributed by atoms with E-state index in [9.17, 15) is 4.21 Å². The van der Waals surface area contributed by atoms with Crippen LogP contribution in [0, 0.1) is 0 Å². The summed E-state index contributed by atoms with van der Waals surface area (Å²) in [5.74, 6) is 1.58. The minimum absolute atomic E-state index is 0.189. The van der Waals surface area contributed by atoms with E-state index in [0.29, 0.717) is 5.75 Å². The number of ether oxygens (including phenoxy) is 1. The van der Waals surface area contributed by atoms with Crippen LogP contribution in [0.5, 0.6) is 5.75 Å². The number of rotatable bonds is 7. The molecule has 0 saturated carbocycles. The summed E-state index contributed by atoms with van der Waals surface area (Å²) < 4.78 is 16.7. The molecule has 1 aromatic carbocycles. The zero-order chi connectivity index (χ0) is 13.5. The van der Waals surface area contributed by atoms with E-state index in [1.165, 1.54) is 5.56 Å². The molecule has 0 aliphatic heterocycles. The van der Waals surface area contributed by atoms with Gasteiger partial charge in [-0.1, -0.05) is 12.1 Å². The molecule has 0 aliphatic rings. The normalized spacial score (nSPS) is 14.5. The van der Waals surface area contributed by atoms with Crippen molar-refractivity contribution in [2.45, 2.75) is 39.5 Å². The van der Waals surface area contributed by atoms with Crippen molar-refractivity contribution in [2.24, 2.45) is 0 Å². The van der Waals surface area contributed by atoms with E-state index in [1.807, 2.05) is 32.0 Å². The molecule has 0 spiro atoms. The first-order valence-electron chi connectivity index (χ1n) is 6.26. The smallest absolute Gasteiger partial charge is 0.120 e. The Bertz CT molecular complexity index is 393. The summed E-state index contributed by atoms with van der Waals surface area (Å²) in [5, 5.41) is 3.36. The summed E-state index contributed by atoms with van der Waals surface area (Å²) in [5.41, 5.74) is 1.18. The van der Waals surface area contributed by atoms with E-state index < -0.39 is 10.8 Å². The van der Waals surface area contributed by atoms with Gasteiger partial charge >= 0.3 is 0 Å². The third-order valence-corrected chi connectivity index (χ3v) is 3.38. The number of hydrogen-bond donors (Lipinski definition) is 1. The van der Waals surface area contributed by atoms with E-state index in [2.05, 4.69) is 18.3 Å². The molecular formula is C14H23NO2S. The third-order valence-electron chi connectivity index (χ3n) is 2.41. The standard InChI is InChI=1S/C14H23NO2S/c1-11(2)17-14-7-5-6-13(8-14)9-15-12(3)10-18(4)16/h5-8,11-12,15H,9-10H2,1-4H3. The second-order valence-electron chi connectivity index (χ2n) is 4.84. The van der Waals surface area contributed by atoms with Crippen LogP contribution in [-0.4, -0.2) is 28.4 Å². The molecule has 0 aliphatic carbocycles. The maximum absolute atomic E-state index is 11.1. The van der Waals surface area contributed by atoms with Crippen molar-refractivity contribution in [3.63, 3.8) is 0 Å². The first kappa shape index (κ1) is 15.2. The monoisotopic (exact) mass is 269 g/mol. The van der Waals surface area contributed by atoms with Gasteiger partial charge in [-0.15, -0.1) is 0 Å². The average Bonchev–Trinajstić information content (AvgIpc) is 2.25. The van der Waals surface area contributed by atoms with Gasteiger partial charge in [0.1, 0.15) is 5.75 Å². The van der Waals surface area contributed by atoms with Crippen molar-refractivity contribution in [3.8, 4) is 5.75 Å². The van der Waals surface area contributed by atoms with E-state index in [4.69, 9.17) is 4.74 Å². The largest absolute Gasteiger partial charge is 0.491 e. The number of nitrogens with one attached hydrogen (secondary N) is 1. The summed E-state index contributed by atoms with van der Waals surface area (Å²) >= 11 is 0. The lowest BCUT2D eigenvalue weighted by Crippen LogP contribution is -2.30. The molecule has 1 aromatic rings. The molecule has 0 heterocycles. The maximum atomic E-state index is 11.1. The molecule has 1 rings (SSSR count). The Hall–Kier alpha value is -0.870. The molecule has 0 radical (unpaired) electrons. The lowest BCUT2D eigenvalue weighted by molar-refractivity contribution is 0.242. The topological polar surface area (TPSA) is 38.3 Å². The van der Waals surface area contributed by atoms with Crippen LogP contribution in [0.15, 0.2) is 24.3 Å². The van der Waals surface area contributed by atoms with Crippen LogP contribution in [0.1, 0.15) is 26.3 Å². The minimum Gasteiger partial charge on any atom is -0.491 e. The zero-order valence-electron chi connectivity index (χ0n) is 11.6. The van der Waals surface area contributed by atoms with Crippen LogP contribution in [0.2, 0.25) is 0 Å². The lowest BCUT2D eigenvalue weighted by atomic mass is 10.2. The van der Waals surface area contributed by atoms with Crippen LogP contribution >= 0.6 is 0 Å². The van der Waals surface area contributed by atoms with Crippen molar-refractivity contribution in [1.82, 2.24) is 5.32 Å². The summed E-state index contributed by atoms with van der Waals surface area (Å²) in [6, 6.07) is 8.33. The number of hydrogen-bond acceptors (Lipinski definition) is 3. The van der Waals surface area contributed by atoms with E-state index >= 15 is 0 Å². The molecule has 1 N–H and O–H groups in total. The van der Waals surface area contributed by atoms with Crippen LogP contribution in [-0.2, 0) is 17.3 Å². The maximum Gasteiger partial charge on any atom is 0.120 e. The molecule has 2 atom stereocenters. The van der Waals surface area contributed by atoms with Crippen molar-refractivity contribution in [3.05, 3.63) is 29.8 Å². The molecular weight excluding hydrogens is 246 g/mol. The number of benzene rings is 1. The molecule has 18 heavy (non-hydrogen) atoms. The average molecular weight is 269 g/mol. The Balaban J connectivity index is 2.49. The summed E-state index contributed by atoms with van der Waals surface area (Å²) in [6.45, 7) is 6.86. The summed E-state index contributed by atoms with van der Waals surface area (Å²) in [7, 11) is -0.753. The molecule has 2 unspecified atom stereocenters. The first-order chi connectivity index (χ1) is 8.47. The van der Waals surface area contributed by atoms with Gasteiger partial charge in [0.05, 0.1) is 6.10 Å². The Labute approximate surface area is 112 Å². The summed E-state index contributed by atoms with van der Waals surface area (Å²) in [6.07, 6.45) is 1.92. The van der Waals surface area contributed by atoms with Gasteiger partial charge in [-0.25, -0.2) is 0 Å². The van der Waals surface area contributed by atoms with Crippen LogP contribution in [0.25, 0.3) is 0 Å². The molecule has 3 nitrogen and oxygen atoms in total. The van der Waals surface area contributed by atoms with Gasteiger partial charge in [-0.2, -0.15) is 0 Å². The fourth-order valence-electron chi connectivity index (χ4n) is 1.70. The molecule has 4 heteroatoms. The Kier molecular flexibility index (Phi) is 6.36.